The lowest BCUT2D eigenvalue weighted by Crippen LogP contribution is -2.30. The summed E-state index contributed by atoms with van der Waals surface area (Å²) >= 11 is 1.11. The van der Waals surface area contributed by atoms with E-state index in [4.69, 9.17) is 9.47 Å². The summed E-state index contributed by atoms with van der Waals surface area (Å²) < 4.78 is 15.1. The number of esters is 2. The van der Waals surface area contributed by atoms with Gasteiger partial charge in [0.1, 0.15) is 10.6 Å². The number of anilines is 1. The number of amides is 1. The SMILES string of the molecule is CCOC(=O)c1sc(N(Cc2ccccc2)C(=O)c2cccc(OCC(=O)OC)c2)nc1C. The van der Waals surface area contributed by atoms with E-state index in [1.807, 2.05) is 30.3 Å². The van der Waals surface area contributed by atoms with Gasteiger partial charge in [-0.3, -0.25) is 9.69 Å². The second-order valence-corrected chi connectivity index (χ2v) is 7.88. The molecule has 1 amide bonds. The lowest BCUT2D eigenvalue weighted by molar-refractivity contribution is -0.142. The second kappa shape index (κ2) is 11.2. The molecule has 0 spiro atoms. The molecule has 0 aliphatic rings. The van der Waals surface area contributed by atoms with Gasteiger partial charge in [0, 0.05) is 5.56 Å². The number of aromatic nitrogens is 1. The quantitative estimate of drug-likeness (QED) is 0.438. The molecular formula is C24H24N2O6S. The minimum absolute atomic E-state index is 0.247. The Morgan fingerprint density at radius 3 is 2.52 bits per heavy atom. The van der Waals surface area contributed by atoms with Gasteiger partial charge in [-0.25, -0.2) is 14.6 Å². The van der Waals surface area contributed by atoms with Crippen molar-refractivity contribution in [3.8, 4) is 5.75 Å². The van der Waals surface area contributed by atoms with E-state index in [2.05, 4.69) is 9.72 Å². The Kier molecular flexibility index (Phi) is 8.15. The van der Waals surface area contributed by atoms with Crippen LogP contribution in [0.5, 0.6) is 5.75 Å². The third kappa shape index (κ3) is 6.17. The largest absolute Gasteiger partial charge is 0.482 e. The summed E-state index contributed by atoms with van der Waals surface area (Å²) in [5, 5.41) is 0.380. The highest BCUT2D eigenvalue weighted by Gasteiger charge is 2.25. The lowest BCUT2D eigenvalue weighted by atomic mass is 10.1. The first-order chi connectivity index (χ1) is 15.9. The molecule has 9 heteroatoms. The van der Waals surface area contributed by atoms with E-state index < -0.39 is 11.9 Å². The van der Waals surface area contributed by atoms with Crippen molar-refractivity contribution in [3.05, 3.63) is 76.3 Å². The Hall–Kier alpha value is -3.72. The normalized spacial score (nSPS) is 10.4. The average Bonchev–Trinajstić information content (AvgIpc) is 3.23. The molecule has 33 heavy (non-hydrogen) atoms. The minimum Gasteiger partial charge on any atom is -0.482 e. The number of thiazole rings is 1. The van der Waals surface area contributed by atoms with Crippen LogP contribution in [0.1, 0.15) is 38.2 Å². The van der Waals surface area contributed by atoms with Crippen LogP contribution in [0.25, 0.3) is 0 Å². The number of carbonyl (C=O) groups is 3. The smallest absolute Gasteiger partial charge is 0.350 e. The average molecular weight is 469 g/mol. The van der Waals surface area contributed by atoms with Gasteiger partial charge in [0.05, 0.1) is 26.0 Å². The number of rotatable bonds is 9. The van der Waals surface area contributed by atoms with Crippen molar-refractivity contribution < 1.29 is 28.6 Å². The molecule has 0 saturated carbocycles. The Bertz CT molecular complexity index is 1130. The molecule has 0 unspecified atom stereocenters. The summed E-state index contributed by atoms with van der Waals surface area (Å²) in [6.45, 7) is 3.67. The first-order valence-corrected chi connectivity index (χ1v) is 11.0. The Morgan fingerprint density at radius 1 is 1.06 bits per heavy atom. The molecule has 0 fully saturated rings. The maximum atomic E-state index is 13.5. The van der Waals surface area contributed by atoms with Crippen molar-refractivity contribution in [2.45, 2.75) is 20.4 Å². The van der Waals surface area contributed by atoms with E-state index in [1.54, 1.807) is 38.1 Å². The van der Waals surface area contributed by atoms with Gasteiger partial charge in [-0.2, -0.15) is 0 Å². The lowest BCUT2D eigenvalue weighted by Gasteiger charge is -2.20. The van der Waals surface area contributed by atoms with E-state index in [1.165, 1.54) is 12.0 Å². The third-order valence-corrected chi connectivity index (χ3v) is 5.73. The molecular weight excluding hydrogens is 444 g/mol. The van der Waals surface area contributed by atoms with Crippen LogP contribution in [0.4, 0.5) is 5.13 Å². The molecule has 1 aromatic heterocycles. The highest BCUT2D eigenvalue weighted by Crippen LogP contribution is 2.30. The van der Waals surface area contributed by atoms with E-state index >= 15 is 0 Å². The molecule has 0 atom stereocenters. The van der Waals surface area contributed by atoms with E-state index in [9.17, 15) is 14.4 Å². The van der Waals surface area contributed by atoms with E-state index in [0.29, 0.717) is 27.0 Å². The zero-order valence-electron chi connectivity index (χ0n) is 18.6. The molecule has 3 aromatic rings. The van der Waals surface area contributed by atoms with Crippen LogP contribution in [-0.2, 0) is 20.8 Å². The van der Waals surface area contributed by atoms with Crippen molar-refractivity contribution in [2.24, 2.45) is 0 Å². The van der Waals surface area contributed by atoms with Gasteiger partial charge in [0.2, 0.25) is 0 Å². The molecule has 0 bridgehead atoms. The molecule has 0 aliphatic carbocycles. The fourth-order valence-electron chi connectivity index (χ4n) is 2.95. The fraction of sp³-hybridized carbons (Fsp3) is 0.250. The first kappa shape index (κ1) is 23.9. The standard InChI is InChI=1S/C24H24N2O6S/c1-4-31-23(29)21-16(2)25-24(33-21)26(14-17-9-6-5-7-10-17)22(28)18-11-8-12-19(13-18)32-15-20(27)30-3/h5-13H,4,14-15H2,1-3H3. The number of aryl methyl sites for hydroxylation is 1. The zero-order valence-corrected chi connectivity index (χ0v) is 19.4. The number of benzene rings is 2. The molecule has 3 rings (SSSR count). The van der Waals surface area contributed by atoms with Crippen LogP contribution >= 0.6 is 11.3 Å². The monoisotopic (exact) mass is 468 g/mol. The molecule has 0 N–H and O–H groups in total. The molecule has 2 aromatic carbocycles. The molecule has 8 nitrogen and oxygen atoms in total. The fourth-order valence-corrected chi connectivity index (χ4v) is 3.91. The number of hydrogen-bond donors (Lipinski definition) is 0. The molecule has 0 aliphatic heterocycles. The maximum Gasteiger partial charge on any atom is 0.350 e. The molecule has 172 valence electrons. The maximum absolute atomic E-state index is 13.5. The Balaban J connectivity index is 1.93. The van der Waals surface area contributed by atoms with E-state index in [-0.39, 0.29) is 25.7 Å². The van der Waals surface area contributed by atoms with Crippen molar-refractivity contribution in [2.75, 3.05) is 25.2 Å². The van der Waals surface area contributed by atoms with Gasteiger partial charge in [-0.15, -0.1) is 0 Å². The number of carbonyl (C=O) groups excluding carboxylic acids is 3. The van der Waals surface area contributed by atoms with Gasteiger partial charge in [-0.05, 0) is 37.6 Å². The van der Waals surface area contributed by atoms with E-state index in [0.717, 1.165) is 16.9 Å². The highest BCUT2D eigenvalue weighted by molar-refractivity contribution is 7.17. The number of ether oxygens (including phenoxy) is 3. The summed E-state index contributed by atoms with van der Waals surface area (Å²) in [4.78, 5) is 43.5. The van der Waals surface area contributed by atoms with Gasteiger partial charge in [0.25, 0.3) is 5.91 Å². The van der Waals surface area contributed by atoms with Crippen molar-refractivity contribution in [1.29, 1.82) is 0 Å². The van der Waals surface area contributed by atoms with Crippen LogP contribution in [0.15, 0.2) is 54.6 Å². The summed E-state index contributed by atoms with van der Waals surface area (Å²) in [5.74, 6) is -0.966. The van der Waals surface area contributed by atoms with Gasteiger partial charge in [0.15, 0.2) is 11.7 Å². The number of methoxy groups -OCH3 is 1. The van der Waals surface area contributed by atoms with Crippen LogP contribution in [0.3, 0.4) is 0 Å². The molecule has 1 heterocycles. The topological polar surface area (TPSA) is 95.0 Å². The summed E-state index contributed by atoms with van der Waals surface area (Å²) in [7, 11) is 1.27. The van der Waals surface area contributed by atoms with Gasteiger partial charge >= 0.3 is 11.9 Å². The summed E-state index contributed by atoms with van der Waals surface area (Å²) in [6.07, 6.45) is 0. The van der Waals surface area contributed by atoms with Crippen LogP contribution in [0.2, 0.25) is 0 Å². The second-order valence-electron chi connectivity index (χ2n) is 6.90. The number of nitrogens with zero attached hydrogens (tertiary/aromatic N) is 2. The predicted octanol–water partition coefficient (Wildman–Crippen LogP) is 4.03. The Labute approximate surface area is 195 Å². The van der Waals surface area contributed by atoms with Crippen LogP contribution < -0.4 is 9.64 Å². The molecule has 0 saturated heterocycles. The van der Waals surface area contributed by atoms with Crippen molar-refractivity contribution in [3.63, 3.8) is 0 Å². The van der Waals surface area contributed by atoms with Crippen LogP contribution in [0, 0.1) is 6.92 Å². The van der Waals surface area contributed by atoms with Gasteiger partial charge < -0.3 is 14.2 Å². The zero-order chi connectivity index (χ0) is 23.8. The number of hydrogen-bond acceptors (Lipinski definition) is 8. The third-order valence-electron chi connectivity index (χ3n) is 4.57. The minimum atomic E-state index is -0.526. The van der Waals surface area contributed by atoms with Crippen LogP contribution in [-0.4, -0.2) is 43.2 Å². The first-order valence-electron chi connectivity index (χ1n) is 10.2. The van der Waals surface area contributed by atoms with Crippen molar-refractivity contribution >= 4 is 34.3 Å². The van der Waals surface area contributed by atoms with Crippen molar-refractivity contribution in [1.82, 2.24) is 4.98 Å². The summed E-state index contributed by atoms with van der Waals surface area (Å²) in [5.41, 5.74) is 1.74. The predicted molar refractivity (Wildman–Crippen MR) is 124 cm³/mol. The summed E-state index contributed by atoms with van der Waals surface area (Å²) in [6, 6.07) is 16.0. The Morgan fingerprint density at radius 2 is 1.82 bits per heavy atom. The molecule has 0 radical (unpaired) electrons. The van der Waals surface area contributed by atoms with Gasteiger partial charge in [-0.1, -0.05) is 47.7 Å². The highest BCUT2D eigenvalue weighted by atomic mass is 32.1.